The van der Waals surface area contributed by atoms with Crippen LogP contribution in [-0.2, 0) is 5.41 Å². The summed E-state index contributed by atoms with van der Waals surface area (Å²) in [6.07, 6.45) is 10.2. The van der Waals surface area contributed by atoms with Crippen LogP contribution in [0.4, 0.5) is 16.6 Å². The third-order valence-corrected chi connectivity index (χ3v) is 9.91. The van der Waals surface area contributed by atoms with E-state index in [4.69, 9.17) is 14.6 Å². The molecule has 13 heteroatoms. The summed E-state index contributed by atoms with van der Waals surface area (Å²) in [6.45, 7) is 10.8. The summed E-state index contributed by atoms with van der Waals surface area (Å²) in [5, 5.41) is 20.2. The van der Waals surface area contributed by atoms with Gasteiger partial charge in [0, 0.05) is 36.7 Å². The molecular formula is C39H50N10O3. The Hall–Kier alpha value is -5.17. The molecule has 4 aromatic heterocycles. The summed E-state index contributed by atoms with van der Waals surface area (Å²) >= 11 is 0. The zero-order valence-corrected chi connectivity index (χ0v) is 31.0. The van der Waals surface area contributed by atoms with E-state index in [0.29, 0.717) is 36.3 Å². The molecule has 5 heterocycles. The second-order valence-corrected chi connectivity index (χ2v) is 15.2. The summed E-state index contributed by atoms with van der Waals surface area (Å²) in [5.41, 5.74) is 4.19. The van der Waals surface area contributed by atoms with Crippen LogP contribution in [0.1, 0.15) is 88.8 Å². The molecule has 13 nitrogen and oxygen atoms in total. The van der Waals surface area contributed by atoms with Crippen molar-refractivity contribution in [3.63, 3.8) is 0 Å². The molecule has 0 bridgehead atoms. The van der Waals surface area contributed by atoms with Gasteiger partial charge in [0.15, 0.2) is 5.65 Å². The summed E-state index contributed by atoms with van der Waals surface area (Å²) in [6, 6.07) is 15.8. The van der Waals surface area contributed by atoms with Crippen molar-refractivity contribution >= 4 is 23.4 Å². The first-order valence-electron chi connectivity index (χ1n) is 18.3. The van der Waals surface area contributed by atoms with Crippen LogP contribution in [-0.4, -0.2) is 80.1 Å². The molecule has 2 amide bonds. The Kier molecular flexibility index (Phi) is 10.0. The van der Waals surface area contributed by atoms with Crippen LogP contribution in [0.2, 0.25) is 0 Å². The number of hydrogen-bond donors (Lipinski definition) is 2. The molecule has 7 rings (SSSR count). The number of benzene rings is 1. The van der Waals surface area contributed by atoms with Crippen LogP contribution >= 0.6 is 0 Å². The third kappa shape index (κ3) is 7.69. The summed E-state index contributed by atoms with van der Waals surface area (Å²) < 4.78 is 16.4. The van der Waals surface area contributed by atoms with Crippen LogP contribution in [0.5, 0.6) is 11.5 Å². The average Bonchev–Trinajstić information content (AvgIpc) is 3.74. The van der Waals surface area contributed by atoms with E-state index in [1.165, 1.54) is 6.42 Å². The molecule has 274 valence electrons. The number of aromatic nitrogens is 6. The fourth-order valence-electron chi connectivity index (χ4n) is 7.00. The fourth-order valence-corrected chi connectivity index (χ4v) is 7.00. The molecule has 1 aliphatic heterocycles. The predicted molar refractivity (Wildman–Crippen MR) is 202 cm³/mol. The number of ether oxygens (including phenoxy) is 2. The number of carbonyl (C=O) groups is 1. The van der Waals surface area contributed by atoms with Crippen molar-refractivity contribution in [2.24, 2.45) is 0 Å². The number of rotatable bonds is 10. The minimum absolute atomic E-state index is 0.168. The summed E-state index contributed by atoms with van der Waals surface area (Å²) in [5.74, 6) is 2.80. The number of fused-ring (bicyclic) bond motifs is 2. The first-order chi connectivity index (χ1) is 25.0. The Labute approximate surface area is 305 Å². The maximum atomic E-state index is 13.7. The van der Waals surface area contributed by atoms with Gasteiger partial charge < -0.3 is 24.6 Å². The summed E-state index contributed by atoms with van der Waals surface area (Å²) in [7, 11) is 4.01. The Bertz CT molecular complexity index is 2010. The van der Waals surface area contributed by atoms with Crippen LogP contribution < -0.4 is 25.0 Å². The van der Waals surface area contributed by atoms with E-state index in [2.05, 4.69) is 75.4 Å². The van der Waals surface area contributed by atoms with E-state index >= 15 is 0 Å². The Morgan fingerprint density at radius 1 is 0.981 bits per heavy atom. The smallest absolute Gasteiger partial charge is 0.320 e. The highest BCUT2D eigenvalue weighted by atomic mass is 16.5. The third-order valence-electron chi connectivity index (χ3n) is 9.91. The van der Waals surface area contributed by atoms with Gasteiger partial charge in [0.2, 0.25) is 5.95 Å². The number of likely N-dealkylation sites (N-methyl/N-ethyl adjacent to an activating group) is 1. The molecule has 5 aromatic rings. The lowest BCUT2D eigenvalue weighted by molar-refractivity contribution is 0.171. The Morgan fingerprint density at radius 3 is 2.60 bits per heavy atom. The molecule has 2 aliphatic rings. The molecule has 1 saturated heterocycles. The average molecular weight is 707 g/mol. The quantitative estimate of drug-likeness (QED) is 0.163. The lowest BCUT2D eigenvalue weighted by Gasteiger charge is -2.33. The van der Waals surface area contributed by atoms with Crippen LogP contribution in [0, 0.1) is 0 Å². The number of hydrogen-bond acceptors (Lipinski definition) is 9. The van der Waals surface area contributed by atoms with Crippen molar-refractivity contribution in [1.82, 2.24) is 39.6 Å². The van der Waals surface area contributed by atoms with Gasteiger partial charge in [-0.1, -0.05) is 45.0 Å². The minimum Gasteiger partial charge on any atom is -0.491 e. The van der Waals surface area contributed by atoms with E-state index < -0.39 is 0 Å². The van der Waals surface area contributed by atoms with E-state index in [0.717, 1.165) is 66.5 Å². The van der Waals surface area contributed by atoms with Crippen molar-refractivity contribution in [2.45, 2.75) is 83.4 Å². The van der Waals surface area contributed by atoms with Crippen molar-refractivity contribution in [3.05, 3.63) is 83.9 Å². The van der Waals surface area contributed by atoms with E-state index in [-0.39, 0.29) is 23.6 Å². The molecule has 0 saturated carbocycles. The normalized spacial score (nSPS) is 19.1. The monoisotopic (exact) mass is 706 g/mol. The fraction of sp³-hybridized carbons (Fsp3) is 0.462. The number of carbonyl (C=O) groups excluding carboxylic acids is 1. The topological polar surface area (TPSA) is 127 Å². The maximum Gasteiger partial charge on any atom is 0.320 e. The zero-order valence-electron chi connectivity index (χ0n) is 31.0. The van der Waals surface area contributed by atoms with Gasteiger partial charge in [0.1, 0.15) is 30.0 Å². The van der Waals surface area contributed by atoms with Crippen molar-refractivity contribution in [3.8, 4) is 17.2 Å². The van der Waals surface area contributed by atoms with Gasteiger partial charge in [-0.15, -0.1) is 10.2 Å². The molecule has 52 heavy (non-hydrogen) atoms. The van der Waals surface area contributed by atoms with Gasteiger partial charge in [-0.05, 0) is 76.4 Å². The van der Waals surface area contributed by atoms with Crippen molar-refractivity contribution < 1.29 is 14.3 Å². The molecule has 3 atom stereocenters. The van der Waals surface area contributed by atoms with Gasteiger partial charge in [0.05, 0.1) is 36.0 Å². The minimum atomic E-state index is -0.315. The largest absolute Gasteiger partial charge is 0.491 e. The van der Waals surface area contributed by atoms with Gasteiger partial charge in [-0.25, -0.2) is 9.48 Å². The van der Waals surface area contributed by atoms with Crippen molar-refractivity contribution in [2.75, 3.05) is 44.0 Å². The molecule has 0 radical (unpaired) electrons. The Balaban J connectivity index is 1.07. The number of nitrogens with zero attached hydrogens (tertiary/aromatic N) is 8. The number of nitrogens with one attached hydrogen (secondary N) is 2. The number of anilines is 2. The van der Waals surface area contributed by atoms with Crippen LogP contribution in [0.15, 0.2) is 67.1 Å². The lowest BCUT2D eigenvalue weighted by atomic mass is 9.85. The molecular weight excluding hydrogens is 656 g/mol. The lowest BCUT2D eigenvalue weighted by Crippen LogP contribution is -2.38. The van der Waals surface area contributed by atoms with Gasteiger partial charge in [0.25, 0.3) is 0 Å². The first kappa shape index (κ1) is 35.2. The highest BCUT2D eigenvalue weighted by molar-refractivity contribution is 5.89. The van der Waals surface area contributed by atoms with Crippen LogP contribution in [0.25, 0.3) is 11.3 Å². The molecule has 1 fully saturated rings. The second-order valence-electron chi connectivity index (χ2n) is 15.2. The highest BCUT2D eigenvalue weighted by Crippen LogP contribution is 2.39. The predicted octanol–water partition coefficient (Wildman–Crippen LogP) is 6.70. The zero-order chi connectivity index (χ0) is 36.4. The molecule has 0 spiro atoms. The first-order valence-corrected chi connectivity index (χ1v) is 18.3. The van der Waals surface area contributed by atoms with E-state index in [1.54, 1.807) is 17.1 Å². The van der Waals surface area contributed by atoms with E-state index in [9.17, 15) is 4.79 Å². The van der Waals surface area contributed by atoms with Gasteiger partial charge in [-0.3, -0.25) is 14.7 Å². The number of piperidine rings is 1. The summed E-state index contributed by atoms with van der Waals surface area (Å²) in [4.78, 5) is 22.5. The molecule has 2 N–H and O–H groups in total. The number of amides is 2. The number of pyridine rings is 2. The van der Waals surface area contributed by atoms with Crippen molar-refractivity contribution in [1.29, 1.82) is 0 Å². The molecule has 1 aromatic carbocycles. The van der Waals surface area contributed by atoms with E-state index in [1.807, 2.05) is 61.1 Å². The molecule has 3 unspecified atom stereocenters. The Morgan fingerprint density at radius 2 is 1.81 bits per heavy atom. The number of urea groups is 1. The van der Waals surface area contributed by atoms with Gasteiger partial charge in [-0.2, -0.15) is 5.10 Å². The van der Waals surface area contributed by atoms with Crippen LogP contribution in [0.3, 0.4) is 0 Å². The second kappa shape index (κ2) is 14.8. The van der Waals surface area contributed by atoms with Gasteiger partial charge >= 0.3 is 6.03 Å². The SMILES string of the molecule is CC1CCCCN1c1nnc2ccc(OC3CCC(NC(=O)Nc4cc(C(C)(C)C)nn4-c4cncc(OCCN(C)C)c4)c4ccccc43)cn12. The highest BCUT2D eigenvalue weighted by Gasteiger charge is 2.31. The standard InChI is InChI=1S/C39H50N10O3/c1-26-11-9-10-18-47(26)38-44-43-35-17-14-28(25-48(35)38)52-33-16-15-32(30-12-7-8-13-31(30)33)41-37(50)42-36-22-34(39(2,3)4)45-49(36)27-21-29(24-40-23-27)51-20-19-46(5)6/h7-8,12-14,17,21-26,32-33H,9-11,15-16,18-20H2,1-6H3,(H2,41,42,50). The maximum absolute atomic E-state index is 13.7. The molecule has 1 aliphatic carbocycles.